The van der Waals surface area contributed by atoms with Crippen LogP contribution in [0.1, 0.15) is 6.92 Å². The highest BCUT2D eigenvalue weighted by Crippen LogP contribution is 2.04. The summed E-state index contributed by atoms with van der Waals surface area (Å²) in [5.41, 5.74) is 0.927. The van der Waals surface area contributed by atoms with E-state index in [0.717, 1.165) is 5.69 Å². The molecule has 1 amide bonds. The Morgan fingerprint density at radius 1 is 1.38 bits per heavy atom. The molecule has 16 heavy (non-hydrogen) atoms. The number of carbonyl (C=O) groups is 1. The van der Waals surface area contributed by atoms with E-state index in [0.29, 0.717) is 13.1 Å². The molecule has 1 aromatic carbocycles. The number of anilines is 1. The van der Waals surface area contributed by atoms with Gasteiger partial charge in [0.25, 0.3) is 0 Å². The molecule has 4 heteroatoms. The predicted molar refractivity (Wildman–Crippen MR) is 64.3 cm³/mol. The molecule has 0 saturated carbocycles. The van der Waals surface area contributed by atoms with Crippen molar-refractivity contribution in [1.29, 1.82) is 0 Å². The van der Waals surface area contributed by atoms with Crippen molar-refractivity contribution in [3.05, 3.63) is 30.3 Å². The number of rotatable bonds is 6. The van der Waals surface area contributed by atoms with Crippen LogP contribution < -0.4 is 5.32 Å². The number of hydrogen-bond acceptors (Lipinski definition) is 3. The molecule has 88 valence electrons. The molecule has 0 atom stereocenters. The number of para-hydroxylation sites is 1. The minimum atomic E-state index is 0.000373. The van der Waals surface area contributed by atoms with E-state index in [1.807, 2.05) is 37.3 Å². The third-order valence-electron chi connectivity index (χ3n) is 2.32. The van der Waals surface area contributed by atoms with Crippen LogP contribution in [-0.4, -0.2) is 42.2 Å². The van der Waals surface area contributed by atoms with Gasteiger partial charge in [0.15, 0.2) is 0 Å². The molecule has 0 heterocycles. The minimum absolute atomic E-state index is 0.000373. The molecule has 0 aliphatic carbocycles. The van der Waals surface area contributed by atoms with Gasteiger partial charge in [0.2, 0.25) is 5.91 Å². The Labute approximate surface area is 95.9 Å². The van der Waals surface area contributed by atoms with Crippen LogP contribution in [0.15, 0.2) is 30.3 Å². The molecule has 1 rings (SSSR count). The summed E-state index contributed by atoms with van der Waals surface area (Å²) >= 11 is 0. The maximum absolute atomic E-state index is 11.7. The summed E-state index contributed by atoms with van der Waals surface area (Å²) in [5.74, 6) is 0.000373. The van der Waals surface area contributed by atoms with Crippen LogP contribution in [0.2, 0.25) is 0 Å². The third kappa shape index (κ3) is 3.90. The molecule has 0 bridgehead atoms. The summed E-state index contributed by atoms with van der Waals surface area (Å²) in [6.45, 7) is 3.18. The molecule has 0 saturated heterocycles. The second kappa shape index (κ2) is 6.85. The van der Waals surface area contributed by atoms with Crippen LogP contribution in [0.3, 0.4) is 0 Å². The van der Waals surface area contributed by atoms with Crippen LogP contribution >= 0.6 is 0 Å². The fourth-order valence-corrected chi connectivity index (χ4v) is 1.43. The number of nitrogens with zero attached hydrogens (tertiary/aromatic N) is 1. The summed E-state index contributed by atoms with van der Waals surface area (Å²) in [6.07, 6.45) is 0. The third-order valence-corrected chi connectivity index (χ3v) is 2.32. The maximum atomic E-state index is 11.7. The Kier molecular flexibility index (Phi) is 5.36. The summed E-state index contributed by atoms with van der Waals surface area (Å²) in [6, 6.07) is 9.58. The van der Waals surface area contributed by atoms with Gasteiger partial charge >= 0.3 is 0 Å². The molecule has 0 radical (unpaired) electrons. The lowest BCUT2D eigenvalue weighted by Gasteiger charge is -2.20. The van der Waals surface area contributed by atoms with Crippen molar-refractivity contribution in [2.24, 2.45) is 0 Å². The van der Waals surface area contributed by atoms with Crippen molar-refractivity contribution < 1.29 is 9.90 Å². The average Bonchev–Trinajstić information content (AvgIpc) is 2.34. The Morgan fingerprint density at radius 3 is 2.62 bits per heavy atom. The number of hydrogen-bond donors (Lipinski definition) is 2. The van der Waals surface area contributed by atoms with Crippen molar-refractivity contribution in [3.63, 3.8) is 0 Å². The van der Waals surface area contributed by atoms with Crippen molar-refractivity contribution >= 4 is 11.6 Å². The Balaban J connectivity index is 2.40. The highest BCUT2D eigenvalue weighted by atomic mass is 16.3. The monoisotopic (exact) mass is 222 g/mol. The van der Waals surface area contributed by atoms with Crippen LogP contribution in [0.25, 0.3) is 0 Å². The van der Waals surface area contributed by atoms with Gasteiger partial charge < -0.3 is 15.3 Å². The highest BCUT2D eigenvalue weighted by Gasteiger charge is 2.09. The largest absolute Gasteiger partial charge is 0.395 e. The van der Waals surface area contributed by atoms with E-state index in [4.69, 9.17) is 5.11 Å². The fraction of sp³-hybridized carbons (Fsp3) is 0.417. The van der Waals surface area contributed by atoms with Crippen LogP contribution in [-0.2, 0) is 4.79 Å². The number of carbonyl (C=O) groups excluding carboxylic acids is 1. The molecule has 0 aromatic heterocycles. The highest BCUT2D eigenvalue weighted by molar-refractivity contribution is 5.80. The lowest BCUT2D eigenvalue weighted by molar-refractivity contribution is -0.129. The first-order valence-corrected chi connectivity index (χ1v) is 5.45. The average molecular weight is 222 g/mol. The van der Waals surface area contributed by atoms with Gasteiger partial charge in [-0.3, -0.25) is 4.79 Å². The maximum Gasteiger partial charge on any atom is 0.241 e. The van der Waals surface area contributed by atoms with Gasteiger partial charge in [-0.05, 0) is 19.1 Å². The molecule has 0 aliphatic heterocycles. The standard InChI is InChI=1S/C12H18N2O2/c1-2-14(8-9-15)12(16)10-13-11-6-4-3-5-7-11/h3-7,13,15H,2,8-10H2,1H3. The van der Waals surface area contributed by atoms with Crippen molar-refractivity contribution in [2.45, 2.75) is 6.92 Å². The number of nitrogens with one attached hydrogen (secondary N) is 1. The Bertz CT molecular complexity index is 314. The van der Waals surface area contributed by atoms with Crippen LogP contribution in [0.4, 0.5) is 5.69 Å². The van der Waals surface area contributed by atoms with Gasteiger partial charge in [-0.25, -0.2) is 0 Å². The van der Waals surface area contributed by atoms with E-state index in [2.05, 4.69) is 5.32 Å². The van der Waals surface area contributed by atoms with E-state index in [1.54, 1.807) is 4.90 Å². The van der Waals surface area contributed by atoms with E-state index in [1.165, 1.54) is 0 Å². The second-order valence-corrected chi connectivity index (χ2v) is 3.42. The van der Waals surface area contributed by atoms with E-state index in [-0.39, 0.29) is 19.1 Å². The van der Waals surface area contributed by atoms with Gasteiger partial charge in [-0.1, -0.05) is 18.2 Å². The van der Waals surface area contributed by atoms with Gasteiger partial charge in [0.1, 0.15) is 0 Å². The summed E-state index contributed by atoms with van der Waals surface area (Å²) < 4.78 is 0. The van der Waals surface area contributed by atoms with Gasteiger partial charge in [0.05, 0.1) is 13.2 Å². The Morgan fingerprint density at radius 2 is 2.06 bits per heavy atom. The zero-order valence-corrected chi connectivity index (χ0v) is 9.52. The molecule has 2 N–H and O–H groups in total. The molecule has 0 spiro atoms. The molecule has 0 unspecified atom stereocenters. The zero-order valence-electron chi connectivity index (χ0n) is 9.52. The summed E-state index contributed by atoms with van der Waals surface area (Å²) in [4.78, 5) is 13.3. The number of amides is 1. The molecule has 0 fully saturated rings. The van der Waals surface area contributed by atoms with E-state index in [9.17, 15) is 4.79 Å². The molecule has 4 nitrogen and oxygen atoms in total. The SMILES string of the molecule is CCN(CCO)C(=O)CNc1ccccc1. The van der Waals surface area contributed by atoms with Gasteiger partial charge in [-0.2, -0.15) is 0 Å². The molecule has 0 aliphatic rings. The molecular weight excluding hydrogens is 204 g/mol. The topological polar surface area (TPSA) is 52.6 Å². The summed E-state index contributed by atoms with van der Waals surface area (Å²) in [5, 5.41) is 11.8. The van der Waals surface area contributed by atoms with Crippen molar-refractivity contribution in [2.75, 3.05) is 31.6 Å². The second-order valence-electron chi connectivity index (χ2n) is 3.42. The van der Waals surface area contributed by atoms with E-state index >= 15 is 0 Å². The number of aliphatic hydroxyl groups is 1. The lowest BCUT2D eigenvalue weighted by Crippen LogP contribution is -2.37. The van der Waals surface area contributed by atoms with Gasteiger partial charge in [-0.15, -0.1) is 0 Å². The number of aliphatic hydroxyl groups excluding tert-OH is 1. The van der Waals surface area contributed by atoms with Gasteiger partial charge in [0, 0.05) is 18.8 Å². The first-order valence-electron chi connectivity index (χ1n) is 5.45. The number of benzene rings is 1. The normalized spacial score (nSPS) is 9.88. The number of likely N-dealkylation sites (N-methyl/N-ethyl adjacent to an activating group) is 1. The Hall–Kier alpha value is -1.55. The van der Waals surface area contributed by atoms with Crippen molar-refractivity contribution in [3.8, 4) is 0 Å². The first-order chi connectivity index (χ1) is 7.77. The van der Waals surface area contributed by atoms with E-state index < -0.39 is 0 Å². The van der Waals surface area contributed by atoms with Crippen LogP contribution in [0.5, 0.6) is 0 Å². The lowest BCUT2D eigenvalue weighted by atomic mass is 10.3. The molecule has 1 aromatic rings. The zero-order chi connectivity index (χ0) is 11.8. The van der Waals surface area contributed by atoms with Crippen molar-refractivity contribution in [1.82, 2.24) is 4.90 Å². The smallest absolute Gasteiger partial charge is 0.241 e. The predicted octanol–water partition coefficient (Wildman–Crippen LogP) is 0.939. The fourth-order valence-electron chi connectivity index (χ4n) is 1.43. The summed E-state index contributed by atoms with van der Waals surface area (Å²) in [7, 11) is 0. The first kappa shape index (κ1) is 12.5. The minimum Gasteiger partial charge on any atom is -0.395 e. The quantitative estimate of drug-likeness (QED) is 0.753. The molecular formula is C12H18N2O2. The van der Waals surface area contributed by atoms with Crippen LogP contribution in [0, 0.1) is 0 Å².